The number of nitrogens with one attached hydrogen (secondary N) is 1. The summed E-state index contributed by atoms with van der Waals surface area (Å²) in [5, 5.41) is 7.92. The third-order valence-electron chi connectivity index (χ3n) is 7.82. The Morgan fingerprint density at radius 1 is 1.09 bits per heavy atom. The van der Waals surface area contributed by atoms with Gasteiger partial charge in [0.25, 0.3) is 0 Å². The highest BCUT2D eigenvalue weighted by Gasteiger charge is 2.44. The number of benzene rings is 3. The summed E-state index contributed by atoms with van der Waals surface area (Å²) < 4.78 is 42.7. The summed E-state index contributed by atoms with van der Waals surface area (Å²) in [5.41, 5.74) is 4.71. The van der Waals surface area contributed by atoms with Crippen molar-refractivity contribution in [2.45, 2.75) is 57.9 Å². The van der Waals surface area contributed by atoms with Gasteiger partial charge in [0.05, 0.1) is 17.1 Å². The van der Waals surface area contributed by atoms with Crippen molar-refractivity contribution >= 4 is 34.6 Å². The van der Waals surface area contributed by atoms with Crippen molar-refractivity contribution < 1.29 is 27.5 Å². The predicted octanol–water partition coefficient (Wildman–Crippen LogP) is 7.19. The highest BCUT2D eigenvalue weighted by Crippen LogP contribution is 2.39. The van der Waals surface area contributed by atoms with E-state index in [2.05, 4.69) is 39.0 Å². The van der Waals surface area contributed by atoms with Crippen molar-refractivity contribution in [2.24, 2.45) is 4.99 Å². The Morgan fingerprint density at radius 2 is 1.80 bits per heavy atom. The van der Waals surface area contributed by atoms with Gasteiger partial charge in [-0.1, -0.05) is 62.0 Å². The Kier molecular flexibility index (Phi) is 8.36. The molecule has 2 aliphatic rings. The van der Waals surface area contributed by atoms with Crippen molar-refractivity contribution in [2.75, 3.05) is 10.7 Å². The third-order valence-corrected chi connectivity index (χ3v) is 8.74. The molecule has 1 aliphatic heterocycles. The first-order valence-corrected chi connectivity index (χ1v) is 15.7. The summed E-state index contributed by atoms with van der Waals surface area (Å²) >= 11 is 1.27. The number of nitrogens with zero attached hydrogens (tertiary/aromatic N) is 5. The molecule has 0 bridgehead atoms. The minimum absolute atomic E-state index is 0.0990. The van der Waals surface area contributed by atoms with Crippen molar-refractivity contribution in [3.63, 3.8) is 0 Å². The fourth-order valence-electron chi connectivity index (χ4n) is 5.34. The number of urea groups is 1. The maximum absolute atomic E-state index is 13.1. The molecule has 1 aliphatic carbocycles. The number of thioether (sulfide) groups is 1. The average molecular weight is 649 g/mol. The van der Waals surface area contributed by atoms with Crippen molar-refractivity contribution in [1.82, 2.24) is 20.1 Å². The van der Waals surface area contributed by atoms with Crippen LogP contribution in [-0.4, -0.2) is 49.5 Å². The Labute approximate surface area is 267 Å². The lowest BCUT2D eigenvalue weighted by atomic mass is 9.99. The maximum atomic E-state index is 13.1. The lowest BCUT2D eigenvalue weighted by molar-refractivity contribution is -0.274. The van der Waals surface area contributed by atoms with E-state index in [0.29, 0.717) is 23.1 Å². The smallest absolute Gasteiger partial charge is 0.406 e. The van der Waals surface area contributed by atoms with E-state index in [1.807, 2.05) is 49.4 Å². The van der Waals surface area contributed by atoms with E-state index in [9.17, 15) is 22.8 Å². The fourth-order valence-corrected chi connectivity index (χ4v) is 6.20. The van der Waals surface area contributed by atoms with E-state index in [1.54, 1.807) is 4.90 Å². The molecule has 46 heavy (non-hydrogen) atoms. The molecule has 0 atom stereocenters. The molecule has 1 aromatic heterocycles. The Hall–Kier alpha value is -4.65. The standard InChI is InChI=1S/C33H31F3N6O3S/c1-20(2)26-13-4-21(3)16-27(26)42-28(43)18-46-31(42)38-30(44)39-32(14-15-32)17-22-5-7-23(8-6-22)29-37-19-41(40-29)24-9-11-25(12-10-24)45-33(34,35)36/h4-13,16,19-20H,14-15,17-18H2,1-3H3,(H,39,44)/b38-31-. The van der Waals surface area contributed by atoms with Crippen LogP contribution in [0.25, 0.3) is 17.1 Å². The van der Waals surface area contributed by atoms with Gasteiger partial charge in [-0.15, -0.1) is 18.3 Å². The lowest BCUT2D eigenvalue weighted by Gasteiger charge is -2.22. The molecule has 0 unspecified atom stereocenters. The number of halogens is 3. The topological polar surface area (TPSA) is 102 Å². The van der Waals surface area contributed by atoms with Crippen LogP contribution in [0, 0.1) is 6.92 Å². The molecule has 0 spiro atoms. The minimum Gasteiger partial charge on any atom is -0.406 e. The number of aliphatic imine (C=N–C) groups is 1. The van der Waals surface area contributed by atoms with E-state index >= 15 is 0 Å². The zero-order valence-electron chi connectivity index (χ0n) is 25.3. The van der Waals surface area contributed by atoms with Gasteiger partial charge in [0.15, 0.2) is 11.0 Å². The van der Waals surface area contributed by atoms with E-state index in [4.69, 9.17) is 0 Å². The van der Waals surface area contributed by atoms with Crippen LogP contribution in [0.5, 0.6) is 5.75 Å². The van der Waals surface area contributed by atoms with Crippen LogP contribution in [0.15, 0.2) is 78.0 Å². The van der Waals surface area contributed by atoms with Gasteiger partial charge in [-0.3, -0.25) is 9.69 Å². The second-order valence-electron chi connectivity index (χ2n) is 11.8. The molecule has 13 heteroatoms. The molecule has 2 fully saturated rings. The molecule has 1 saturated heterocycles. The van der Waals surface area contributed by atoms with Crippen LogP contribution < -0.4 is 15.0 Å². The molecular formula is C33H31F3N6O3S. The van der Waals surface area contributed by atoms with Gasteiger partial charge in [0.2, 0.25) is 5.91 Å². The number of alkyl halides is 3. The van der Waals surface area contributed by atoms with Crippen molar-refractivity contribution in [1.29, 1.82) is 0 Å². The van der Waals surface area contributed by atoms with Crippen LogP contribution in [0.2, 0.25) is 0 Å². The highest BCUT2D eigenvalue weighted by molar-refractivity contribution is 8.15. The number of rotatable bonds is 8. The predicted molar refractivity (Wildman–Crippen MR) is 170 cm³/mol. The number of anilines is 1. The summed E-state index contributed by atoms with van der Waals surface area (Å²) in [7, 11) is 0. The first-order valence-electron chi connectivity index (χ1n) is 14.7. The molecule has 3 aromatic carbocycles. The van der Waals surface area contributed by atoms with Crippen LogP contribution in [0.4, 0.5) is 23.7 Å². The first kappa shape index (κ1) is 31.3. The number of carbonyl (C=O) groups is 2. The summed E-state index contributed by atoms with van der Waals surface area (Å²) in [6, 6.07) is 18.6. The van der Waals surface area contributed by atoms with Gasteiger partial charge in [-0.05, 0) is 79.1 Å². The van der Waals surface area contributed by atoms with E-state index in [1.165, 1.54) is 47.0 Å². The second kappa shape index (κ2) is 12.3. The minimum atomic E-state index is -4.76. The fraction of sp³-hybridized carbons (Fsp3) is 0.303. The molecule has 6 rings (SSSR count). The quantitative estimate of drug-likeness (QED) is 0.217. The number of carbonyl (C=O) groups excluding carboxylic acids is 2. The number of amides is 3. The highest BCUT2D eigenvalue weighted by atomic mass is 32.2. The van der Waals surface area contributed by atoms with Gasteiger partial charge >= 0.3 is 12.4 Å². The van der Waals surface area contributed by atoms with Crippen LogP contribution >= 0.6 is 11.8 Å². The molecular weight excluding hydrogens is 617 g/mol. The maximum Gasteiger partial charge on any atom is 0.573 e. The number of hydrogen-bond acceptors (Lipinski definition) is 6. The SMILES string of the molecule is Cc1ccc(C(C)C)c(N2C(=O)CS/C2=N\C(=O)NC2(Cc3ccc(-c4ncn(-c5ccc(OC(F)(F)F)cc5)n4)cc3)CC2)c1. The van der Waals surface area contributed by atoms with E-state index in [-0.39, 0.29) is 23.3 Å². The molecule has 0 radical (unpaired) electrons. The van der Waals surface area contributed by atoms with Crippen molar-refractivity contribution in [3.05, 3.63) is 89.7 Å². The Morgan fingerprint density at radius 3 is 2.46 bits per heavy atom. The lowest BCUT2D eigenvalue weighted by Crippen LogP contribution is -2.38. The van der Waals surface area contributed by atoms with Gasteiger partial charge in [-0.25, -0.2) is 14.5 Å². The van der Waals surface area contributed by atoms with Gasteiger partial charge in [0.1, 0.15) is 12.1 Å². The van der Waals surface area contributed by atoms with Gasteiger partial charge in [-0.2, -0.15) is 4.99 Å². The number of amidine groups is 1. The van der Waals surface area contributed by atoms with Gasteiger partial charge in [0, 0.05) is 11.1 Å². The summed E-state index contributed by atoms with van der Waals surface area (Å²) in [6.07, 6.45) is -1.03. The van der Waals surface area contributed by atoms with E-state index < -0.39 is 17.9 Å². The molecule has 1 N–H and O–H groups in total. The monoisotopic (exact) mass is 648 g/mol. The summed E-state index contributed by atoms with van der Waals surface area (Å²) in [5.74, 6) is 0.457. The van der Waals surface area contributed by atoms with Crippen LogP contribution in [0.3, 0.4) is 0 Å². The molecule has 4 aromatic rings. The molecule has 2 heterocycles. The Bertz CT molecular complexity index is 1800. The zero-order valence-corrected chi connectivity index (χ0v) is 26.2. The third kappa shape index (κ3) is 7.09. The number of aryl methyl sites for hydroxylation is 1. The van der Waals surface area contributed by atoms with Crippen LogP contribution in [-0.2, 0) is 11.2 Å². The molecule has 238 valence electrons. The normalized spacial score (nSPS) is 16.7. The molecule has 1 saturated carbocycles. The van der Waals surface area contributed by atoms with Crippen molar-refractivity contribution in [3.8, 4) is 22.8 Å². The second-order valence-corrected chi connectivity index (χ2v) is 12.7. The Balaban J connectivity index is 1.10. The summed E-state index contributed by atoms with van der Waals surface area (Å²) in [6.45, 7) is 6.11. The average Bonchev–Trinajstić information content (AvgIpc) is 3.38. The first-order chi connectivity index (χ1) is 21.9. The number of hydrogen-bond donors (Lipinski definition) is 1. The van der Waals surface area contributed by atoms with Crippen LogP contribution in [0.1, 0.15) is 49.3 Å². The molecule has 3 amide bonds. The largest absolute Gasteiger partial charge is 0.573 e. The summed E-state index contributed by atoms with van der Waals surface area (Å²) in [4.78, 5) is 36.3. The number of ether oxygens (including phenoxy) is 1. The zero-order chi connectivity index (χ0) is 32.6. The molecule has 9 nitrogen and oxygen atoms in total. The van der Waals surface area contributed by atoms with Gasteiger partial charge < -0.3 is 10.1 Å². The van der Waals surface area contributed by atoms with E-state index in [0.717, 1.165) is 40.8 Å². The number of aromatic nitrogens is 3.